The summed E-state index contributed by atoms with van der Waals surface area (Å²) in [5, 5.41) is 2.81. The first kappa shape index (κ1) is 22.4. The Bertz CT molecular complexity index is 1170. The molecule has 0 aliphatic rings. The van der Waals surface area contributed by atoms with E-state index < -0.39 is 15.9 Å². The monoisotopic (exact) mass is 438 g/mol. The summed E-state index contributed by atoms with van der Waals surface area (Å²) in [6.45, 7) is 5.74. The highest BCUT2D eigenvalue weighted by Crippen LogP contribution is 2.27. The third-order valence-corrected chi connectivity index (χ3v) is 6.43. The van der Waals surface area contributed by atoms with Crippen molar-refractivity contribution in [1.29, 1.82) is 0 Å². The normalized spacial score (nSPS) is 11.3. The molecule has 0 fully saturated rings. The lowest BCUT2D eigenvalue weighted by Crippen LogP contribution is -2.26. The van der Waals surface area contributed by atoms with Crippen molar-refractivity contribution in [2.75, 3.05) is 16.7 Å². The first-order valence-electron chi connectivity index (χ1n) is 9.91. The van der Waals surface area contributed by atoms with Crippen molar-refractivity contribution < 1.29 is 17.9 Å². The number of nitrogens with zero attached hydrogens (tertiary/aromatic N) is 1. The van der Waals surface area contributed by atoms with Crippen LogP contribution < -0.4 is 14.4 Å². The van der Waals surface area contributed by atoms with Gasteiger partial charge in [-0.2, -0.15) is 0 Å². The smallest absolute Gasteiger partial charge is 0.264 e. The second-order valence-corrected chi connectivity index (χ2v) is 9.42. The number of sulfonamides is 1. The molecule has 7 heteroatoms. The predicted molar refractivity (Wildman–Crippen MR) is 123 cm³/mol. The Morgan fingerprint density at radius 1 is 0.968 bits per heavy atom. The topological polar surface area (TPSA) is 75.7 Å². The fourth-order valence-corrected chi connectivity index (χ4v) is 4.21. The molecule has 6 nitrogen and oxygen atoms in total. The fourth-order valence-electron chi connectivity index (χ4n) is 2.97. The standard InChI is InChI=1S/C24H26N2O4S/c1-17(2)30-23-11-6-5-10-22(23)25-24(27)19-8-7-9-21(16-19)31(28,29)26(4)20-14-12-18(3)13-15-20/h5-17H,1-4H3,(H,25,27). The largest absolute Gasteiger partial charge is 0.489 e. The number of nitrogens with one attached hydrogen (secondary N) is 1. The highest BCUT2D eigenvalue weighted by Gasteiger charge is 2.22. The Kier molecular flexibility index (Phi) is 6.65. The minimum atomic E-state index is -3.83. The minimum Gasteiger partial charge on any atom is -0.489 e. The van der Waals surface area contributed by atoms with Gasteiger partial charge in [0.25, 0.3) is 15.9 Å². The van der Waals surface area contributed by atoms with Crippen molar-refractivity contribution in [2.45, 2.75) is 31.8 Å². The Hall–Kier alpha value is -3.32. The van der Waals surface area contributed by atoms with Crippen LogP contribution in [0.3, 0.4) is 0 Å². The molecule has 162 valence electrons. The number of amides is 1. The number of carbonyl (C=O) groups is 1. The molecular weight excluding hydrogens is 412 g/mol. The average molecular weight is 439 g/mol. The molecule has 0 radical (unpaired) electrons. The van der Waals surface area contributed by atoms with Gasteiger partial charge in [0, 0.05) is 12.6 Å². The van der Waals surface area contributed by atoms with Gasteiger partial charge in [0.05, 0.1) is 22.4 Å². The fraction of sp³-hybridized carbons (Fsp3) is 0.208. The van der Waals surface area contributed by atoms with Crippen LogP contribution in [0.15, 0.2) is 77.7 Å². The van der Waals surface area contributed by atoms with Gasteiger partial charge in [-0.05, 0) is 63.2 Å². The van der Waals surface area contributed by atoms with Crippen molar-refractivity contribution >= 4 is 27.3 Å². The lowest BCUT2D eigenvalue weighted by atomic mass is 10.2. The molecule has 0 bridgehead atoms. The van der Waals surface area contributed by atoms with Crippen LogP contribution in [0.5, 0.6) is 5.75 Å². The maximum Gasteiger partial charge on any atom is 0.264 e. The molecule has 0 atom stereocenters. The first-order chi connectivity index (χ1) is 14.7. The van der Waals surface area contributed by atoms with Gasteiger partial charge in [0.15, 0.2) is 0 Å². The van der Waals surface area contributed by atoms with Crippen LogP contribution in [-0.2, 0) is 10.0 Å². The molecule has 0 aliphatic heterocycles. The third kappa shape index (κ3) is 5.24. The van der Waals surface area contributed by atoms with Crippen LogP contribution in [0.2, 0.25) is 0 Å². The number of hydrogen-bond donors (Lipinski definition) is 1. The van der Waals surface area contributed by atoms with E-state index in [-0.39, 0.29) is 16.6 Å². The van der Waals surface area contributed by atoms with Gasteiger partial charge >= 0.3 is 0 Å². The second-order valence-electron chi connectivity index (χ2n) is 7.45. The molecule has 0 unspecified atom stereocenters. The van der Waals surface area contributed by atoms with Crippen molar-refractivity contribution in [3.05, 3.63) is 83.9 Å². The molecule has 31 heavy (non-hydrogen) atoms. The maximum atomic E-state index is 13.1. The van der Waals surface area contributed by atoms with E-state index in [1.54, 1.807) is 42.5 Å². The van der Waals surface area contributed by atoms with Crippen LogP contribution >= 0.6 is 0 Å². The zero-order valence-electron chi connectivity index (χ0n) is 18.0. The van der Waals surface area contributed by atoms with Gasteiger partial charge in [-0.3, -0.25) is 9.10 Å². The van der Waals surface area contributed by atoms with Crippen molar-refractivity contribution in [3.8, 4) is 5.75 Å². The molecule has 3 rings (SSSR count). The van der Waals surface area contributed by atoms with Crippen molar-refractivity contribution in [3.63, 3.8) is 0 Å². The Morgan fingerprint density at radius 2 is 1.65 bits per heavy atom. The molecule has 3 aromatic rings. The van der Waals surface area contributed by atoms with Gasteiger partial charge in [-0.25, -0.2) is 8.42 Å². The summed E-state index contributed by atoms with van der Waals surface area (Å²) in [7, 11) is -2.34. The van der Waals surface area contributed by atoms with Crippen LogP contribution in [-0.4, -0.2) is 27.5 Å². The van der Waals surface area contributed by atoms with Gasteiger partial charge in [-0.1, -0.05) is 35.9 Å². The predicted octanol–water partition coefficient (Wildman–Crippen LogP) is 4.86. The summed E-state index contributed by atoms with van der Waals surface area (Å²) in [5.41, 5.74) is 2.33. The lowest BCUT2D eigenvalue weighted by molar-refractivity contribution is 0.102. The van der Waals surface area contributed by atoms with Gasteiger partial charge in [0.1, 0.15) is 5.75 Å². The summed E-state index contributed by atoms with van der Waals surface area (Å²) in [6.07, 6.45) is -0.0520. The van der Waals surface area contributed by atoms with E-state index in [1.807, 2.05) is 39.0 Å². The first-order valence-corrected chi connectivity index (χ1v) is 11.3. The summed E-state index contributed by atoms with van der Waals surface area (Å²) in [6, 6.07) is 20.3. The number of ether oxygens (including phenoxy) is 1. The van der Waals surface area contributed by atoms with Crippen LogP contribution in [0.25, 0.3) is 0 Å². The van der Waals surface area contributed by atoms with E-state index in [4.69, 9.17) is 4.74 Å². The van der Waals surface area contributed by atoms with Gasteiger partial charge in [0.2, 0.25) is 0 Å². The van der Waals surface area contributed by atoms with E-state index in [1.165, 1.54) is 23.5 Å². The summed E-state index contributed by atoms with van der Waals surface area (Å²) >= 11 is 0. The second kappa shape index (κ2) is 9.22. The summed E-state index contributed by atoms with van der Waals surface area (Å²) in [5.74, 6) is 0.128. The van der Waals surface area contributed by atoms with E-state index >= 15 is 0 Å². The Balaban J connectivity index is 1.86. The Labute approximate surface area is 183 Å². The average Bonchev–Trinajstić information content (AvgIpc) is 2.75. The third-order valence-electron chi connectivity index (χ3n) is 4.65. The molecule has 0 aromatic heterocycles. The number of carbonyl (C=O) groups excluding carboxylic acids is 1. The zero-order chi connectivity index (χ0) is 22.6. The number of aryl methyl sites for hydroxylation is 1. The van der Waals surface area contributed by atoms with E-state index in [2.05, 4.69) is 5.32 Å². The molecule has 0 heterocycles. The molecule has 0 saturated carbocycles. The summed E-state index contributed by atoms with van der Waals surface area (Å²) < 4.78 is 33.1. The zero-order valence-corrected chi connectivity index (χ0v) is 18.8. The summed E-state index contributed by atoms with van der Waals surface area (Å²) in [4.78, 5) is 12.9. The van der Waals surface area contributed by atoms with E-state index in [0.717, 1.165) is 5.56 Å². The molecular formula is C24H26N2O4S. The number of para-hydroxylation sites is 2. The van der Waals surface area contributed by atoms with E-state index in [0.29, 0.717) is 17.1 Å². The molecule has 3 aromatic carbocycles. The number of hydrogen-bond acceptors (Lipinski definition) is 4. The molecule has 1 N–H and O–H groups in total. The molecule has 0 saturated heterocycles. The highest BCUT2D eigenvalue weighted by molar-refractivity contribution is 7.92. The number of rotatable bonds is 7. The highest BCUT2D eigenvalue weighted by atomic mass is 32.2. The maximum absolute atomic E-state index is 13.1. The quantitative estimate of drug-likeness (QED) is 0.572. The van der Waals surface area contributed by atoms with Crippen LogP contribution in [0.1, 0.15) is 29.8 Å². The van der Waals surface area contributed by atoms with E-state index in [9.17, 15) is 13.2 Å². The molecule has 0 aliphatic carbocycles. The van der Waals surface area contributed by atoms with Crippen LogP contribution in [0, 0.1) is 6.92 Å². The molecule has 1 amide bonds. The van der Waals surface area contributed by atoms with Gasteiger partial charge < -0.3 is 10.1 Å². The Morgan fingerprint density at radius 3 is 2.32 bits per heavy atom. The minimum absolute atomic E-state index is 0.0370. The van der Waals surface area contributed by atoms with Crippen molar-refractivity contribution in [2.24, 2.45) is 0 Å². The number of anilines is 2. The molecule has 0 spiro atoms. The number of benzene rings is 3. The van der Waals surface area contributed by atoms with Crippen LogP contribution in [0.4, 0.5) is 11.4 Å². The lowest BCUT2D eigenvalue weighted by Gasteiger charge is -2.20. The SMILES string of the molecule is Cc1ccc(N(C)S(=O)(=O)c2cccc(C(=O)Nc3ccccc3OC(C)C)c2)cc1. The van der Waals surface area contributed by atoms with Crippen molar-refractivity contribution in [1.82, 2.24) is 0 Å². The van der Waals surface area contributed by atoms with Gasteiger partial charge in [-0.15, -0.1) is 0 Å².